The number of allylic oxidation sites excluding steroid dienone is 1. The minimum atomic E-state index is -4.40. The van der Waals surface area contributed by atoms with Gasteiger partial charge < -0.3 is 5.32 Å². The molecule has 1 N–H and O–H groups in total. The van der Waals surface area contributed by atoms with Crippen LogP contribution < -0.4 is 5.32 Å². The zero-order chi connectivity index (χ0) is 24.6. The molecular formula is C26H32F3N5. The zero-order valence-corrected chi connectivity index (χ0v) is 20.0. The van der Waals surface area contributed by atoms with Gasteiger partial charge in [-0.1, -0.05) is 51.2 Å². The van der Waals surface area contributed by atoms with Crippen molar-refractivity contribution in [1.82, 2.24) is 14.6 Å². The zero-order valence-electron chi connectivity index (χ0n) is 20.0. The second-order valence-electron chi connectivity index (χ2n) is 8.40. The van der Waals surface area contributed by atoms with E-state index in [9.17, 15) is 13.2 Å². The van der Waals surface area contributed by atoms with Crippen LogP contribution >= 0.6 is 0 Å². The molecule has 8 heteroatoms. The molecule has 3 aromatic rings. The third-order valence-corrected chi connectivity index (χ3v) is 5.69. The van der Waals surface area contributed by atoms with E-state index in [0.717, 1.165) is 43.3 Å². The lowest BCUT2D eigenvalue weighted by Crippen LogP contribution is -2.13. The van der Waals surface area contributed by atoms with Gasteiger partial charge in [-0.2, -0.15) is 13.2 Å². The van der Waals surface area contributed by atoms with Crippen molar-refractivity contribution in [2.45, 2.75) is 71.9 Å². The first-order valence-electron chi connectivity index (χ1n) is 11.8. The smallest absolute Gasteiger partial charge is 0.344 e. The summed E-state index contributed by atoms with van der Waals surface area (Å²) in [6.07, 6.45) is 7.62. The topological polar surface area (TPSA) is 54.6 Å². The molecule has 0 aliphatic heterocycles. The maximum atomic E-state index is 13.7. The molecule has 2 aromatic heterocycles. The third kappa shape index (κ3) is 6.92. The first kappa shape index (κ1) is 25.5. The monoisotopic (exact) mass is 471 g/mol. The molecule has 0 aliphatic carbocycles. The number of nitrogens with zero attached hydrogens (tertiary/aromatic N) is 4. The number of aliphatic imine (C=N–C) groups is 1. The highest BCUT2D eigenvalue weighted by atomic mass is 19.4. The second kappa shape index (κ2) is 11.8. The quantitative estimate of drug-likeness (QED) is 0.189. The van der Waals surface area contributed by atoms with Crippen molar-refractivity contribution in [2.24, 2.45) is 4.99 Å². The minimum absolute atomic E-state index is 0.347. The van der Waals surface area contributed by atoms with Gasteiger partial charge >= 0.3 is 6.18 Å². The van der Waals surface area contributed by atoms with Crippen LogP contribution in [-0.4, -0.2) is 20.4 Å². The maximum absolute atomic E-state index is 13.7. The van der Waals surface area contributed by atoms with Crippen LogP contribution in [0.4, 0.5) is 18.9 Å². The van der Waals surface area contributed by atoms with Gasteiger partial charge in [-0.25, -0.2) is 4.99 Å². The molecule has 0 atom stereocenters. The van der Waals surface area contributed by atoms with Crippen LogP contribution in [0.1, 0.15) is 76.0 Å². The van der Waals surface area contributed by atoms with Crippen LogP contribution in [0.3, 0.4) is 0 Å². The molecule has 182 valence electrons. The van der Waals surface area contributed by atoms with E-state index in [1.807, 2.05) is 31.3 Å². The molecule has 0 saturated heterocycles. The van der Waals surface area contributed by atoms with Crippen molar-refractivity contribution < 1.29 is 13.2 Å². The molecule has 0 spiro atoms. The summed E-state index contributed by atoms with van der Waals surface area (Å²) in [4.78, 5) is 4.58. The number of pyridine rings is 1. The Morgan fingerprint density at radius 3 is 2.59 bits per heavy atom. The number of aryl methyl sites for hydroxylation is 1. The van der Waals surface area contributed by atoms with Crippen LogP contribution in [-0.2, 0) is 12.6 Å². The number of nitrogens with one attached hydrogen (secondary N) is 1. The summed E-state index contributed by atoms with van der Waals surface area (Å²) in [5, 5.41) is 10.9. The summed E-state index contributed by atoms with van der Waals surface area (Å²) in [5.41, 5.74) is 2.39. The average molecular weight is 472 g/mol. The standard InChI is InChI=1S/C26H32F3N5/c1-4-6-7-8-9-10-11-20-12-14-22(16-23(20)26(27,28)29)31-19(3)32-24(5-2)21-13-15-25-33-30-18-34(25)17-21/h5,12-18H,4,6-11H2,1-3H3,(H,31,32)/b24-5-. The number of hydrogen-bond acceptors (Lipinski definition) is 3. The maximum Gasteiger partial charge on any atom is 0.416 e. The normalized spacial score (nSPS) is 13.0. The van der Waals surface area contributed by atoms with E-state index >= 15 is 0 Å². The number of rotatable bonds is 10. The largest absolute Gasteiger partial charge is 0.416 e. The van der Waals surface area contributed by atoms with Gasteiger partial charge in [0.15, 0.2) is 5.65 Å². The van der Waals surface area contributed by atoms with E-state index < -0.39 is 11.7 Å². The Balaban J connectivity index is 1.72. The van der Waals surface area contributed by atoms with Crippen LogP contribution in [0.15, 0.2) is 53.9 Å². The lowest BCUT2D eigenvalue weighted by molar-refractivity contribution is -0.138. The van der Waals surface area contributed by atoms with Gasteiger partial charge in [0.05, 0.1) is 11.3 Å². The molecule has 0 radical (unpaired) electrons. The fraction of sp³-hybridized carbons (Fsp3) is 0.423. The van der Waals surface area contributed by atoms with E-state index in [1.165, 1.54) is 12.5 Å². The van der Waals surface area contributed by atoms with Crippen LogP contribution in [0, 0.1) is 0 Å². The highest BCUT2D eigenvalue weighted by Crippen LogP contribution is 2.34. The second-order valence-corrected chi connectivity index (χ2v) is 8.40. The van der Waals surface area contributed by atoms with Crippen molar-refractivity contribution in [3.8, 4) is 0 Å². The number of anilines is 1. The number of benzene rings is 1. The predicted molar refractivity (Wildman–Crippen MR) is 132 cm³/mol. The minimum Gasteiger partial charge on any atom is -0.344 e. The predicted octanol–water partition coefficient (Wildman–Crippen LogP) is 7.54. The Labute approximate surface area is 198 Å². The lowest BCUT2D eigenvalue weighted by Gasteiger charge is -2.16. The fourth-order valence-electron chi connectivity index (χ4n) is 3.92. The number of aromatic nitrogens is 3. The molecule has 0 bridgehead atoms. The van der Waals surface area contributed by atoms with E-state index in [0.29, 0.717) is 29.2 Å². The molecule has 0 aliphatic rings. The van der Waals surface area contributed by atoms with Crippen molar-refractivity contribution in [3.05, 3.63) is 65.6 Å². The van der Waals surface area contributed by atoms with Gasteiger partial charge in [-0.15, -0.1) is 10.2 Å². The molecule has 2 heterocycles. The molecule has 0 amide bonds. The molecule has 0 fully saturated rings. The molecule has 0 saturated carbocycles. The molecule has 34 heavy (non-hydrogen) atoms. The van der Waals surface area contributed by atoms with Gasteiger partial charge in [0.25, 0.3) is 0 Å². The fourth-order valence-corrected chi connectivity index (χ4v) is 3.92. The summed E-state index contributed by atoms with van der Waals surface area (Å²) < 4.78 is 43.0. The van der Waals surface area contributed by atoms with Crippen molar-refractivity contribution in [2.75, 3.05) is 5.32 Å². The number of hydrogen-bond donors (Lipinski definition) is 1. The summed E-state index contributed by atoms with van der Waals surface area (Å²) in [6, 6.07) is 8.18. The number of fused-ring (bicyclic) bond motifs is 1. The Morgan fingerprint density at radius 2 is 1.85 bits per heavy atom. The van der Waals surface area contributed by atoms with Crippen molar-refractivity contribution >= 4 is 22.9 Å². The first-order chi connectivity index (χ1) is 16.3. The molecular weight excluding hydrogens is 439 g/mol. The Bertz CT molecular complexity index is 1140. The molecule has 0 unspecified atom stereocenters. The number of unbranched alkanes of at least 4 members (excludes halogenated alkanes) is 5. The van der Waals surface area contributed by atoms with E-state index in [2.05, 4.69) is 27.4 Å². The molecule has 3 rings (SSSR count). The number of amidine groups is 1. The highest BCUT2D eigenvalue weighted by Gasteiger charge is 2.33. The van der Waals surface area contributed by atoms with Crippen LogP contribution in [0.5, 0.6) is 0 Å². The summed E-state index contributed by atoms with van der Waals surface area (Å²) in [6.45, 7) is 5.74. The molecule has 5 nitrogen and oxygen atoms in total. The summed E-state index contributed by atoms with van der Waals surface area (Å²) in [5.74, 6) is 0.494. The Kier molecular flexibility index (Phi) is 8.85. The van der Waals surface area contributed by atoms with Crippen molar-refractivity contribution in [1.29, 1.82) is 0 Å². The highest BCUT2D eigenvalue weighted by molar-refractivity contribution is 5.97. The summed E-state index contributed by atoms with van der Waals surface area (Å²) >= 11 is 0. The van der Waals surface area contributed by atoms with Gasteiger partial charge in [-0.05, 0) is 56.5 Å². The lowest BCUT2D eigenvalue weighted by atomic mass is 9.99. The van der Waals surface area contributed by atoms with E-state index in [4.69, 9.17) is 0 Å². The van der Waals surface area contributed by atoms with Crippen molar-refractivity contribution in [3.63, 3.8) is 0 Å². The average Bonchev–Trinajstić information content (AvgIpc) is 3.27. The SMILES string of the molecule is C/C=C(\N=C(C)Nc1ccc(CCCCCCCC)c(C(F)(F)F)c1)c1ccc2nncn2c1. The van der Waals surface area contributed by atoms with E-state index in [-0.39, 0.29) is 0 Å². The van der Waals surface area contributed by atoms with E-state index in [1.54, 1.807) is 29.8 Å². The first-order valence-corrected chi connectivity index (χ1v) is 11.8. The van der Waals surface area contributed by atoms with Gasteiger partial charge in [0.1, 0.15) is 12.2 Å². The Hall–Kier alpha value is -3.16. The number of alkyl halides is 3. The van der Waals surface area contributed by atoms with Gasteiger partial charge in [0, 0.05) is 17.4 Å². The van der Waals surface area contributed by atoms with Gasteiger partial charge in [-0.3, -0.25) is 4.40 Å². The molecule has 1 aromatic carbocycles. The summed E-state index contributed by atoms with van der Waals surface area (Å²) in [7, 11) is 0. The Morgan fingerprint density at radius 1 is 1.09 bits per heavy atom. The van der Waals surface area contributed by atoms with Crippen LogP contribution in [0.2, 0.25) is 0 Å². The van der Waals surface area contributed by atoms with Crippen LogP contribution in [0.25, 0.3) is 11.3 Å². The third-order valence-electron chi connectivity index (χ3n) is 5.69. The van der Waals surface area contributed by atoms with Gasteiger partial charge in [0.2, 0.25) is 0 Å². The number of halogens is 3.